The van der Waals surface area contributed by atoms with Gasteiger partial charge in [-0.05, 0) is 45.6 Å². The van der Waals surface area contributed by atoms with E-state index >= 15 is 0 Å². The van der Waals surface area contributed by atoms with Gasteiger partial charge in [-0.25, -0.2) is 0 Å². The van der Waals surface area contributed by atoms with Gasteiger partial charge in [0.25, 0.3) is 0 Å². The van der Waals surface area contributed by atoms with Crippen molar-refractivity contribution in [2.45, 2.75) is 77.4 Å². The Labute approximate surface area is 107 Å². The molecule has 2 aliphatic heterocycles. The Balaban J connectivity index is 2.13. The fraction of sp³-hybridized carbons (Fsp3) is 1.00. The minimum Gasteiger partial charge on any atom is -0.298 e. The lowest BCUT2D eigenvalue weighted by atomic mass is 9.88. The molecule has 0 amide bonds. The molecule has 0 aromatic rings. The van der Waals surface area contributed by atoms with Gasteiger partial charge in [0.15, 0.2) is 0 Å². The van der Waals surface area contributed by atoms with Crippen molar-refractivity contribution in [3.63, 3.8) is 0 Å². The van der Waals surface area contributed by atoms with E-state index in [1.54, 1.807) is 0 Å². The molecule has 100 valence electrons. The molecular weight excluding hydrogens is 208 g/mol. The molecule has 0 bridgehead atoms. The Bertz CT molecular complexity index is 247. The SMILES string of the molecule is CCC1CN2CCCC2CN1C(C)(CC)CC. The largest absolute Gasteiger partial charge is 0.298 e. The third-order valence-corrected chi connectivity index (χ3v) is 5.48. The average molecular weight is 238 g/mol. The van der Waals surface area contributed by atoms with Gasteiger partial charge in [-0.2, -0.15) is 0 Å². The quantitative estimate of drug-likeness (QED) is 0.742. The van der Waals surface area contributed by atoms with Crippen molar-refractivity contribution in [2.75, 3.05) is 19.6 Å². The number of nitrogens with zero attached hydrogens (tertiary/aromatic N) is 2. The molecule has 2 heterocycles. The smallest absolute Gasteiger partial charge is 0.0226 e. The number of rotatable bonds is 4. The second kappa shape index (κ2) is 5.27. The Hall–Kier alpha value is -0.0800. The lowest BCUT2D eigenvalue weighted by molar-refractivity contribution is -0.0282. The molecule has 0 radical (unpaired) electrons. The lowest BCUT2D eigenvalue weighted by Gasteiger charge is -2.52. The molecule has 2 saturated heterocycles. The van der Waals surface area contributed by atoms with E-state index in [-0.39, 0.29) is 0 Å². The van der Waals surface area contributed by atoms with Gasteiger partial charge in [-0.15, -0.1) is 0 Å². The predicted molar refractivity (Wildman–Crippen MR) is 74.4 cm³/mol. The Morgan fingerprint density at radius 1 is 1.12 bits per heavy atom. The lowest BCUT2D eigenvalue weighted by Crippen LogP contribution is -2.62. The highest BCUT2D eigenvalue weighted by Gasteiger charge is 2.41. The Morgan fingerprint density at radius 3 is 2.41 bits per heavy atom. The van der Waals surface area contributed by atoms with Crippen LogP contribution in [0, 0.1) is 0 Å². The van der Waals surface area contributed by atoms with Gasteiger partial charge in [-0.1, -0.05) is 20.8 Å². The van der Waals surface area contributed by atoms with Crippen molar-refractivity contribution >= 4 is 0 Å². The van der Waals surface area contributed by atoms with Gasteiger partial charge >= 0.3 is 0 Å². The molecule has 2 heteroatoms. The van der Waals surface area contributed by atoms with Crippen LogP contribution in [0.3, 0.4) is 0 Å². The zero-order chi connectivity index (χ0) is 12.5. The summed E-state index contributed by atoms with van der Waals surface area (Å²) in [6, 6.07) is 1.64. The molecule has 2 nitrogen and oxygen atoms in total. The fourth-order valence-electron chi connectivity index (χ4n) is 3.75. The molecule has 2 unspecified atom stereocenters. The summed E-state index contributed by atoms with van der Waals surface area (Å²) in [5.74, 6) is 0. The van der Waals surface area contributed by atoms with Gasteiger partial charge in [0.1, 0.15) is 0 Å². The van der Waals surface area contributed by atoms with E-state index in [4.69, 9.17) is 0 Å². The van der Waals surface area contributed by atoms with E-state index in [9.17, 15) is 0 Å². The fourth-order valence-corrected chi connectivity index (χ4v) is 3.75. The van der Waals surface area contributed by atoms with E-state index in [1.165, 1.54) is 51.7 Å². The first-order valence-corrected chi connectivity index (χ1v) is 7.65. The van der Waals surface area contributed by atoms with Crippen LogP contribution in [0.25, 0.3) is 0 Å². The molecule has 2 aliphatic rings. The van der Waals surface area contributed by atoms with Crippen LogP contribution >= 0.6 is 0 Å². The molecular formula is C15H30N2. The molecule has 0 N–H and O–H groups in total. The van der Waals surface area contributed by atoms with E-state index in [0.717, 1.165) is 12.1 Å². The first-order valence-electron chi connectivity index (χ1n) is 7.65. The van der Waals surface area contributed by atoms with Crippen molar-refractivity contribution in [3.8, 4) is 0 Å². The molecule has 0 spiro atoms. The summed E-state index contributed by atoms with van der Waals surface area (Å²) in [7, 11) is 0. The maximum absolute atomic E-state index is 2.85. The maximum Gasteiger partial charge on any atom is 0.0226 e. The van der Waals surface area contributed by atoms with E-state index in [0.29, 0.717) is 5.54 Å². The molecule has 2 fully saturated rings. The molecule has 0 aromatic heterocycles. The zero-order valence-corrected chi connectivity index (χ0v) is 12.2. The molecule has 2 atom stereocenters. The normalized spacial score (nSPS) is 31.8. The van der Waals surface area contributed by atoms with Crippen molar-refractivity contribution in [1.29, 1.82) is 0 Å². The monoisotopic (exact) mass is 238 g/mol. The third kappa shape index (κ3) is 2.39. The van der Waals surface area contributed by atoms with Gasteiger partial charge < -0.3 is 0 Å². The summed E-state index contributed by atoms with van der Waals surface area (Å²) in [4.78, 5) is 5.59. The van der Waals surface area contributed by atoms with Crippen LogP contribution in [0.2, 0.25) is 0 Å². The highest BCUT2D eigenvalue weighted by atomic mass is 15.3. The summed E-state index contributed by atoms with van der Waals surface area (Å²) in [6.45, 7) is 13.5. The molecule has 0 aliphatic carbocycles. The topological polar surface area (TPSA) is 6.48 Å². The first-order chi connectivity index (χ1) is 8.14. The average Bonchev–Trinajstić information content (AvgIpc) is 2.83. The van der Waals surface area contributed by atoms with Crippen LogP contribution in [-0.2, 0) is 0 Å². The minimum atomic E-state index is 0.426. The van der Waals surface area contributed by atoms with Gasteiger partial charge in [-0.3, -0.25) is 9.80 Å². The van der Waals surface area contributed by atoms with Crippen molar-refractivity contribution in [3.05, 3.63) is 0 Å². The number of hydrogen-bond donors (Lipinski definition) is 0. The summed E-state index contributed by atoms with van der Waals surface area (Å²) in [6.07, 6.45) is 6.72. The summed E-state index contributed by atoms with van der Waals surface area (Å²) in [5.41, 5.74) is 0.426. The summed E-state index contributed by atoms with van der Waals surface area (Å²) >= 11 is 0. The minimum absolute atomic E-state index is 0.426. The molecule has 0 aromatic carbocycles. The summed E-state index contributed by atoms with van der Waals surface area (Å²) in [5, 5.41) is 0. The van der Waals surface area contributed by atoms with Crippen LogP contribution in [0.1, 0.15) is 59.8 Å². The van der Waals surface area contributed by atoms with Crippen molar-refractivity contribution in [1.82, 2.24) is 9.80 Å². The van der Waals surface area contributed by atoms with E-state index < -0.39 is 0 Å². The Morgan fingerprint density at radius 2 is 1.82 bits per heavy atom. The van der Waals surface area contributed by atoms with Gasteiger partial charge in [0.05, 0.1) is 0 Å². The maximum atomic E-state index is 2.85. The van der Waals surface area contributed by atoms with Crippen molar-refractivity contribution < 1.29 is 0 Å². The van der Waals surface area contributed by atoms with Crippen LogP contribution < -0.4 is 0 Å². The number of fused-ring (bicyclic) bond motifs is 1. The van der Waals surface area contributed by atoms with Crippen LogP contribution in [0.5, 0.6) is 0 Å². The van der Waals surface area contributed by atoms with Gasteiger partial charge in [0.2, 0.25) is 0 Å². The zero-order valence-electron chi connectivity index (χ0n) is 12.2. The van der Waals surface area contributed by atoms with Crippen LogP contribution in [0.15, 0.2) is 0 Å². The Kier molecular flexibility index (Phi) is 4.14. The molecule has 17 heavy (non-hydrogen) atoms. The third-order valence-electron chi connectivity index (χ3n) is 5.48. The molecule has 2 rings (SSSR count). The van der Waals surface area contributed by atoms with Crippen molar-refractivity contribution in [2.24, 2.45) is 0 Å². The van der Waals surface area contributed by atoms with Gasteiger partial charge in [0, 0.05) is 30.7 Å². The van der Waals surface area contributed by atoms with E-state index in [1.807, 2.05) is 0 Å². The predicted octanol–water partition coefficient (Wildman–Crippen LogP) is 3.12. The highest BCUT2D eigenvalue weighted by molar-refractivity contribution is 4.98. The second-order valence-electron chi connectivity index (χ2n) is 6.21. The number of piperazine rings is 1. The highest BCUT2D eigenvalue weighted by Crippen LogP contribution is 2.33. The summed E-state index contributed by atoms with van der Waals surface area (Å²) < 4.78 is 0. The molecule has 0 saturated carbocycles. The first kappa shape index (κ1) is 13.4. The van der Waals surface area contributed by atoms with Crippen LogP contribution in [-0.4, -0.2) is 47.1 Å². The van der Waals surface area contributed by atoms with Crippen LogP contribution in [0.4, 0.5) is 0 Å². The standard InChI is InChI=1S/C15H30N2/c1-5-13-11-16-10-8-9-14(16)12-17(13)15(4,6-2)7-3/h13-14H,5-12H2,1-4H3. The number of hydrogen-bond acceptors (Lipinski definition) is 2. The van der Waals surface area contributed by atoms with E-state index in [2.05, 4.69) is 37.5 Å². The second-order valence-corrected chi connectivity index (χ2v) is 6.21.